The highest BCUT2D eigenvalue weighted by Gasteiger charge is 2.14. The lowest BCUT2D eigenvalue weighted by atomic mass is 10.1. The molecule has 0 aliphatic rings. The van der Waals surface area contributed by atoms with Crippen LogP contribution in [0.2, 0.25) is 5.02 Å². The van der Waals surface area contributed by atoms with Crippen LogP contribution in [-0.4, -0.2) is 0 Å². The number of nitrogens with two attached hydrogens (primary N) is 1. The quantitative estimate of drug-likeness (QED) is 0.723. The van der Waals surface area contributed by atoms with E-state index in [9.17, 15) is 0 Å². The zero-order valence-corrected chi connectivity index (χ0v) is 12.3. The fourth-order valence-corrected chi connectivity index (χ4v) is 2.65. The van der Waals surface area contributed by atoms with E-state index < -0.39 is 0 Å². The molecule has 4 heteroatoms. The molecule has 3 aromatic rings. The van der Waals surface area contributed by atoms with E-state index in [1.807, 2.05) is 48.5 Å². The molecule has 0 radical (unpaired) electrons. The van der Waals surface area contributed by atoms with Crippen LogP contribution in [0.25, 0.3) is 11.0 Å². The summed E-state index contributed by atoms with van der Waals surface area (Å²) in [5.41, 5.74) is 8.04. The molecular weight excluding hydrogens is 326 g/mol. The molecule has 0 spiro atoms. The Morgan fingerprint density at radius 1 is 1.11 bits per heavy atom. The van der Waals surface area contributed by atoms with Crippen LogP contribution in [0.15, 0.2) is 57.4 Å². The first-order valence-electron chi connectivity index (χ1n) is 5.83. The van der Waals surface area contributed by atoms with Crippen LogP contribution in [-0.2, 0) is 0 Å². The summed E-state index contributed by atoms with van der Waals surface area (Å²) in [4.78, 5) is 0. The van der Waals surface area contributed by atoms with E-state index in [-0.39, 0.29) is 6.04 Å². The Kier molecular flexibility index (Phi) is 3.35. The van der Waals surface area contributed by atoms with E-state index in [1.165, 1.54) is 0 Å². The van der Waals surface area contributed by atoms with Gasteiger partial charge in [0.25, 0.3) is 0 Å². The predicted octanol–water partition coefficient (Wildman–Crippen LogP) is 4.90. The van der Waals surface area contributed by atoms with Crippen LogP contribution in [0.3, 0.4) is 0 Å². The Bertz CT molecular complexity index is 738. The maximum Gasteiger partial charge on any atom is 0.134 e. The Hall–Kier alpha value is -1.29. The Morgan fingerprint density at radius 3 is 2.74 bits per heavy atom. The molecule has 0 saturated heterocycles. The fraction of sp³-hybridized carbons (Fsp3) is 0.0667. The normalized spacial score (nSPS) is 12.8. The van der Waals surface area contributed by atoms with Crippen LogP contribution in [0, 0.1) is 0 Å². The van der Waals surface area contributed by atoms with Crippen molar-refractivity contribution in [3.63, 3.8) is 0 Å². The van der Waals surface area contributed by atoms with Crippen LogP contribution in [0.5, 0.6) is 0 Å². The third-order valence-corrected chi connectivity index (χ3v) is 3.74. The molecule has 2 nitrogen and oxygen atoms in total. The third-order valence-electron chi connectivity index (χ3n) is 3.01. The highest BCUT2D eigenvalue weighted by Crippen LogP contribution is 2.29. The number of benzene rings is 2. The molecule has 0 aliphatic carbocycles. The highest BCUT2D eigenvalue weighted by molar-refractivity contribution is 9.10. The Balaban J connectivity index is 2.04. The topological polar surface area (TPSA) is 39.2 Å². The minimum Gasteiger partial charge on any atom is -0.459 e. The summed E-state index contributed by atoms with van der Waals surface area (Å²) in [6, 6.07) is 15.1. The number of hydrogen-bond donors (Lipinski definition) is 1. The van der Waals surface area contributed by atoms with Gasteiger partial charge in [-0.05, 0) is 42.0 Å². The number of halogens is 2. The standard InChI is InChI=1S/C15H11BrClNO/c16-11-3-1-2-9(6-11)15(18)14-8-10-7-12(17)4-5-13(10)19-14/h1-8,15H,18H2. The van der Waals surface area contributed by atoms with Gasteiger partial charge in [0.15, 0.2) is 0 Å². The zero-order chi connectivity index (χ0) is 13.4. The molecule has 3 rings (SSSR count). The van der Waals surface area contributed by atoms with Gasteiger partial charge in [0, 0.05) is 14.9 Å². The number of fused-ring (bicyclic) bond motifs is 1. The van der Waals surface area contributed by atoms with Gasteiger partial charge in [-0.25, -0.2) is 0 Å². The molecule has 1 heterocycles. The molecule has 2 aromatic carbocycles. The van der Waals surface area contributed by atoms with Crippen LogP contribution >= 0.6 is 27.5 Å². The van der Waals surface area contributed by atoms with Crippen molar-refractivity contribution in [3.05, 3.63) is 69.3 Å². The second-order valence-corrected chi connectivity index (χ2v) is 5.72. The second kappa shape index (κ2) is 5.00. The van der Waals surface area contributed by atoms with Gasteiger partial charge in [0.2, 0.25) is 0 Å². The zero-order valence-electron chi connectivity index (χ0n) is 9.94. The van der Waals surface area contributed by atoms with E-state index in [0.29, 0.717) is 5.02 Å². The van der Waals surface area contributed by atoms with Crippen molar-refractivity contribution in [2.24, 2.45) is 5.73 Å². The first-order chi connectivity index (χ1) is 9.13. The summed E-state index contributed by atoms with van der Waals surface area (Å²) in [5, 5.41) is 1.66. The molecule has 19 heavy (non-hydrogen) atoms. The van der Waals surface area contributed by atoms with Crippen LogP contribution < -0.4 is 5.73 Å². The maximum atomic E-state index is 6.24. The lowest BCUT2D eigenvalue weighted by Crippen LogP contribution is -2.10. The van der Waals surface area contributed by atoms with Gasteiger partial charge in [-0.15, -0.1) is 0 Å². The van der Waals surface area contributed by atoms with Crippen molar-refractivity contribution in [2.45, 2.75) is 6.04 Å². The van der Waals surface area contributed by atoms with Gasteiger partial charge >= 0.3 is 0 Å². The highest BCUT2D eigenvalue weighted by atomic mass is 79.9. The number of rotatable bonds is 2. The summed E-state index contributed by atoms with van der Waals surface area (Å²) in [6.45, 7) is 0. The summed E-state index contributed by atoms with van der Waals surface area (Å²) in [5.74, 6) is 0.732. The van der Waals surface area contributed by atoms with Crippen molar-refractivity contribution in [1.29, 1.82) is 0 Å². The van der Waals surface area contributed by atoms with Crippen LogP contribution in [0.1, 0.15) is 17.4 Å². The molecule has 0 bridgehead atoms. The third kappa shape index (κ3) is 2.54. The SMILES string of the molecule is NC(c1cccc(Br)c1)c1cc2cc(Cl)ccc2o1. The van der Waals surface area contributed by atoms with Crippen molar-refractivity contribution < 1.29 is 4.42 Å². The van der Waals surface area contributed by atoms with Gasteiger partial charge in [-0.1, -0.05) is 39.7 Å². The fourth-order valence-electron chi connectivity index (χ4n) is 2.05. The molecule has 0 aliphatic heterocycles. The Morgan fingerprint density at radius 2 is 1.95 bits per heavy atom. The molecular formula is C15H11BrClNO. The van der Waals surface area contributed by atoms with Gasteiger partial charge in [0.1, 0.15) is 11.3 Å². The first-order valence-corrected chi connectivity index (χ1v) is 7.00. The average Bonchev–Trinajstić information content (AvgIpc) is 2.80. The average molecular weight is 337 g/mol. The van der Waals surface area contributed by atoms with Crippen molar-refractivity contribution in [2.75, 3.05) is 0 Å². The monoisotopic (exact) mass is 335 g/mol. The summed E-state index contributed by atoms with van der Waals surface area (Å²) >= 11 is 9.41. The van der Waals surface area contributed by atoms with E-state index in [2.05, 4.69) is 15.9 Å². The number of hydrogen-bond acceptors (Lipinski definition) is 2. The molecule has 1 unspecified atom stereocenters. The lowest BCUT2D eigenvalue weighted by molar-refractivity contribution is 0.525. The lowest BCUT2D eigenvalue weighted by Gasteiger charge is -2.09. The molecule has 2 N–H and O–H groups in total. The minimum absolute atomic E-state index is 0.288. The molecule has 0 amide bonds. The summed E-state index contributed by atoms with van der Waals surface area (Å²) < 4.78 is 6.78. The molecule has 0 saturated carbocycles. The van der Waals surface area contributed by atoms with Crippen molar-refractivity contribution in [1.82, 2.24) is 0 Å². The molecule has 1 aromatic heterocycles. The van der Waals surface area contributed by atoms with E-state index in [0.717, 1.165) is 26.8 Å². The first kappa shape index (κ1) is 12.7. The van der Waals surface area contributed by atoms with Crippen molar-refractivity contribution in [3.8, 4) is 0 Å². The molecule has 0 fully saturated rings. The molecule has 1 atom stereocenters. The van der Waals surface area contributed by atoms with Crippen molar-refractivity contribution >= 4 is 38.5 Å². The van der Waals surface area contributed by atoms with E-state index >= 15 is 0 Å². The number of furan rings is 1. The summed E-state index contributed by atoms with van der Waals surface area (Å²) in [6.07, 6.45) is 0. The van der Waals surface area contributed by atoms with Gasteiger partial charge in [-0.3, -0.25) is 0 Å². The van der Waals surface area contributed by atoms with Crippen LogP contribution in [0.4, 0.5) is 0 Å². The van der Waals surface area contributed by atoms with Gasteiger partial charge < -0.3 is 10.2 Å². The smallest absolute Gasteiger partial charge is 0.134 e. The van der Waals surface area contributed by atoms with Gasteiger partial charge in [-0.2, -0.15) is 0 Å². The largest absolute Gasteiger partial charge is 0.459 e. The molecule has 96 valence electrons. The minimum atomic E-state index is -0.288. The second-order valence-electron chi connectivity index (χ2n) is 4.36. The van der Waals surface area contributed by atoms with E-state index in [1.54, 1.807) is 0 Å². The van der Waals surface area contributed by atoms with Gasteiger partial charge in [0.05, 0.1) is 6.04 Å². The summed E-state index contributed by atoms with van der Waals surface area (Å²) in [7, 11) is 0. The maximum absolute atomic E-state index is 6.24. The Labute approximate surface area is 124 Å². The van der Waals surface area contributed by atoms with E-state index in [4.69, 9.17) is 21.8 Å². The predicted molar refractivity (Wildman–Crippen MR) is 81.4 cm³/mol.